The molecule has 0 unspecified atom stereocenters. The lowest BCUT2D eigenvalue weighted by molar-refractivity contribution is -0.131. The van der Waals surface area contributed by atoms with E-state index in [1.807, 2.05) is 30.5 Å². The lowest BCUT2D eigenvalue weighted by Crippen LogP contribution is -2.05. The summed E-state index contributed by atoms with van der Waals surface area (Å²) in [6.07, 6.45) is 8.56. The van der Waals surface area contributed by atoms with Crippen LogP contribution in [0.2, 0.25) is 0 Å². The standard InChI is InChI=1S/C16H18N2O2/c1-2-5-15-17-10-11-18(15)12-14-7-4-3-6-13(14)8-9-16(19)20/h3-4,6-11H,2,5,12H2,1H3,(H,19,20). The Morgan fingerprint density at radius 3 is 2.95 bits per heavy atom. The van der Waals surface area contributed by atoms with Crippen LogP contribution >= 0.6 is 0 Å². The molecule has 1 heterocycles. The summed E-state index contributed by atoms with van der Waals surface area (Å²) >= 11 is 0. The zero-order valence-electron chi connectivity index (χ0n) is 11.5. The Bertz CT molecular complexity index is 614. The van der Waals surface area contributed by atoms with Crippen LogP contribution in [0.4, 0.5) is 0 Å². The maximum atomic E-state index is 10.6. The Kier molecular flexibility index (Phi) is 4.71. The van der Waals surface area contributed by atoms with Crippen molar-refractivity contribution in [1.82, 2.24) is 9.55 Å². The molecule has 4 heteroatoms. The average Bonchev–Trinajstić information content (AvgIpc) is 2.85. The van der Waals surface area contributed by atoms with E-state index < -0.39 is 5.97 Å². The monoisotopic (exact) mass is 270 g/mol. The van der Waals surface area contributed by atoms with Crippen LogP contribution in [0.15, 0.2) is 42.7 Å². The Morgan fingerprint density at radius 2 is 2.20 bits per heavy atom. The van der Waals surface area contributed by atoms with Crippen molar-refractivity contribution in [3.05, 3.63) is 59.7 Å². The van der Waals surface area contributed by atoms with Gasteiger partial charge in [0.1, 0.15) is 5.82 Å². The highest BCUT2D eigenvalue weighted by Gasteiger charge is 2.05. The molecule has 0 aliphatic rings. The number of aliphatic carboxylic acids is 1. The van der Waals surface area contributed by atoms with Gasteiger partial charge in [-0.15, -0.1) is 0 Å². The molecule has 2 rings (SSSR count). The molecule has 0 aliphatic heterocycles. The van der Waals surface area contributed by atoms with Gasteiger partial charge in [-0.1, -0.05) is 31.2 Å². The minimum absolute atomic E-state index is 0.704. The molecule has 20 heavy (non-hydrogen) atoms. The summed E-state index contributed by atoms with van der Waals surface area (Å²) in [5, 5.41) is 8.73. The van der Waals surface area contributed by atoms with Gasteiger partial charge < -0.3 is 9.67 Å². The molecule has 0 atom stereocenters. The molecule has 0 fully saturated rings. The van der Waals surface area contributed by atoms with E-state index in [0.717, 1.165) is 29.8 Å². The molecule has 4 nitrogen and oxygen atoms in total. The van der Waals surface area contributed by atoms with Crippen LogP contribution in [-0.2, 0) is 17.8 Å². The van der Waals surface area contributed by atoms with Gasteiger partial charge >= 0.3 is 5.97 Å². The van der Waals surface area contributed by atoms with Crippen LogP contribution in [0.3, 0.4) is 0 Å². The number of carboxylic acids is 1. The van der Waals surface area contributed by atoms with Crippen molar-refractivity contribution in [3.63, 3.8) is 0 Å². The first kappa shape index (κ1) is 14.1. The summed E-state index contributed by atoms with van der Waals surface area (Å²) < 4.78 is 2.11. The normalized spacial score (nSPS) is 11.1. The van der Waals surface area contributed by atoms with E-state index in [1.165, 1.54) is 6.08 Å². The molecule has 0 bridgehead atoms. The van der Waals surface area contributed by atoms with Crippen molar-refractivity contribution in [2.24, 2.45) is 0 Å². The van der Waals surface area contributed by atoms with Crippen molar-refractivity contribution >= 4 is 12.0 Å². The molecule has 1 aromatic heterocycles. The first-order chi connectivity index (χ1) is 9.70. The fraction of sp³-hybridized carbons (Fsp3) is 0.250. The second-order valence-electron chi connectivity index (χ2n) is 4.59. The SMILES string of the molecule is CCCc1nccn1Cc1ccccc1C=CC(=O)O. The van der Waals surface area contributed by atoms with Crippen LogP contribution < -0.4 is 0 Å². The molecule has 0 aliphatic carbocycles. The maximum Gasteiger partial charge on any atom is 0.328 e. The highest BCUT2D eigenvalue weighted by Crippen LogP contribution is 2.14. The van der Waals surface area contributed by atoms with E-state index in [1.54, 1.807) is 12.3 Å². The number of aryl methyl sites for hydroxylation is 1. The summed E-state index contributed by atoms with van der Waals surface area (Å²) in [6.45, 7) is 2.83. The largest absolute Gasteiger partial charge is 0.478 e. The van der Waals surface area contributed by atoms with Gasteiger partial charge in [0.2, 0.25) is 0 Å². The molecule has 1 aromatic carbocycles. The second-order valence-corrected chi connectivity index (χ2v) is 4.59. The number of hydrogen-bond donors (Lipinski definition) is 1. The average molecular weight is 270 g/mol. The van der Waals surface area contributed by atoms with E-state index in [-0.39, 0.29) is 0 Å². The lowest BCUT2D eigenvalue weighted by atomic mass is 10.1. The molecule has 0 spiro atoms. The van der Waals surface area contributed by atoms with Crippen LogP contribution in [0.5, 0.6) is 0 Å². The number of hydrogen-bond acceptors (Lipinski definition) is 2. The van der Waals surface area contributed by atoms with Crippen molar-refractivity contribution in [2.45, 2.75) is 26.3 Å². The van der Waals surface area contributed by atoms with Crippen LogP contribution in [0.1, 0.15) is 30.3 Å². The van der Waals surface area contributed by atoms with E-state index in [2.05, 4.69) is 16.5 Å². The topological polar surface area (TPSA) is 55.1 Å². The van der Waals surface area contributed by atoms with Crippen molar-refractivity contribution in [3.8, 4) is 0 Å². The van der Waals surface area contributed by atoms with Crippen molar-refractivity contribution < 1.29 is 9.90 Å². The Hall–Kier alpha value is -2.36. The quantitative estimate of drug-likeness (QED) is 0.821. The predicted molar refractivity (Wildman–Crippen MR) is 78.4 cm³/mol. The maximum absolute atomic E-state index is 10.6. The molecule has 2 aromatic rings. The summed E-state index contributed by atoms with van der Waals surface area (Å²) in [7, 11) is 0. The van der Waals surface area contributed by atoms with Gasteiger partial charge in [0, 0.05) is 31.4 Å². The Balaban J connectivity index is 2.24. The first-order valence-corrected chi connectivity index (χ1v) is 6.69. The molecule has 0 saturated carbocycles. The van der Waals surface area contributed by atoms with Crippen molar-refractivity contribution in [2.75, 3.05) is 0 Å². The number of rotatable bonds is 6. The third kappa shape index (κ3) is 3.57. The Morgan fingerprint density at radius 1 is 1.40 bits per heavy atom. The first-order valence-electron chi connectivity index (χ1n) is 6.69. The molecule has 1 N–H and O–H groups in total. The van der Waals surface area contributed by atoms with Crippen LogP contribution in [-0.4, -0.2) is 20.6 Å². The molecule has 104 valence electrons. The summed E-state index contributed by atoms with van der Waals surface area (Å²) in [5.74, 6) is 0.124. The Labute approximate surface area is 118 Å². The molecular weight excluding hydrogens is 252 g/mol. The third-order valence-corrected chi connectivity index (χ3v) is 3.08. The molecular formula is C16H18N2O2. The number of carbonyl (C=O) groups is 1. The molecule has 0 saturated heterocycles. The minimum atomic E-state index is -0.936. The van der Waals surface area contributed by atoms with E-state index >= 15 is 0 Å². The smallest absolute Gasteiger partial charge is 0.328 e. The second kappa shape index (κ2) is 6.70. The number of nitrogens with zero attached hydrogens (tertiary/aromatic N) is 2. The van der Waals surface area contributed by atoms with Gasteiger partial charge in [0.25, 0.3) is 0 Å². The van der Waals surface area contributed by atoms with Crippen LogP contribution in [0.25, 0.3) is 6.08 Å². The van der Waals surface area contributed by atoms with Gasteiger partial charge in [-0.05, 0) is 23.6 Å². The van der Waals surface area contributed by atoms with E-state index in [0.29, 0.717) is 6.54 Å². The molecule has 0 radical (unpaired) electrons. The zero-order valence-corrected chi connectivity index (χ0v) is 11.5. The van der Waals surface area contributed by atoms with E-state index in [9.17, 15) is 4.79 Å². The van der Waals surface area contributed by atoms with Gasteiger partial charge in [-0.2, -0.15) is 0 Å². The molecule has 0 amide bonds. The fourth-order valence-corrected chi connectivity index (χ4v) is 2.12. The summed E-state index contributed by atoms with van der Waals surface area (Å²) in [5.41, 5.74) is 2.01. The highest BCUT2D eigenvalue weighted by molar-refractivity contribution is 5.85. The number of imidazole rings is 1. The zero-order chi connectivity index (χ0) is 14.4. The highest BCUT2D eigenvalue weighted by atomic mass is 16.4. The minimum Gasteiger partial charge on any atom is -0.478 e. The fourth-order valence-electron chi connectivity index (χ4n) is 2.12. The summed E-state index contributed by atoms with van der Waals surface area (Å²) in [4.78, 5) is 15.0. The third-order valence-electron chi connectivity index (χ3n) is 3.08. The number of benzene rings is 1. The van der Waals surface area contributed by atoms with Gasteiger partial charge in [-0.25, -0.2) is 9.78 Å². The van der Waals surface area contributed by atoms with Gasteiger partial charge in [0.05, 0.1) is 0 Å². The van der Waals surface area contributed by atoms with Gasteiger partial charge in [-0.3, -0.25) is 0 Å². The predicted octanol–water partition coefficient (Wildman–Crippen LogP) is 2.98. The van der Waals surface area contributed by atoms with Crippen LogP contribution in [0, 0.1) is 0 Å². The lowest BCUT2D eigenvalue weighted by Gasteiger charge is -2.10. The van der Waals surface area contributed by atoms with Crippen molar-refractivity contribution in [1.29, 1.82) is 0 Å². The summed E-state index contributed by atoms with van der Waals surface area (Å²) in [6, 6.07) is 7.80. The van der Waals surface area contributed by atoms with E-state index in [4.69, 9.17) is 5.11 Å². The number of carboxylic acid groups (broad SMARTS) is 1. The number of aromatic nitrogens is 2. The van der Waals surface area contributed by atoms with Gasteiger partial charge in [0.15, 0.2) is 0 Å².